The summed E-state index contributed by atoms with van der Waals surface area (Å²) in [5.74, 6) is 4.77. The maximum Gasteiger partial charge on any atom is 0.126 e. The number of halogens is 4. The first-order chi connectivity index (χ1) is 9.99. The van der Waals surface area contributed by atoms with Gasteiger partial charge in [0.1, 0.15) is 11.6 Å². The molecule has 0 amide bonds. The van der Waals surface area contributed by atoms with Crippen molar-refractivity contribution in [2.75, 3.05) is 0 Å². The molecule has 0 fully saturated rings. The van der Waals surface area contributed by atoms with Crippen molar-refractivity contribution < 1.29 is 8.78 Å². The standard InChI is InChI=1S/C15H14Cl2F2N2/c16-11-2-4-15(19)10(5-11)7-13(21-20)6-9-1-3-12(18)8-14(9)17/h1-5,8,13,21H,6-7,20H2. The molecule has 0 aliphatic heterocycles. The van der Waals surface area contributed by atoms with Gasteiger partial charge in [-0.25, -0.2) is 8.78 Å². The molecule has 1 atom stereocenters. The van der Waals surface area contributed by atoms with Gasteiger partial charge in [-0.3, -0.25) is 11.3 Å². The van der Waals surface area contributed by atoms with Gasteiger partial charge in [0.25, 0.3) is 0 Å². The molecule has 0 heterocycles. The van der Waals surface area contributed by atoms with Crippen molar-refractivity contribution in [3.8, 4) is 0 Å². The highest BCUT2D eigenvalue weighted by Gasteiger charge is 2.14. The Balaban J connectivity index is 2.14. The molecule has 0 saturated heterocycles. The van der Waals surface area contributed by atoms with E-state index in [4.69, 9.17) is 29.0 Å². The minimum absolute atomic E-state index is 0.249. The number of nitrogens with two attached hydrogens (primary N) is 1. The topological polar surface area (TPSA) is 38.0 Å². The first-order valence-electron chi connectivity index (χ1n) is 6.33. The molecular weight excluding hydrogens is 317 g/mol. The fraction of sp³-hybridized carbons (Fsp3) is 0.200. The second-order valence-corrected chi connectivity index (χ2v) is 5.59. The highest BCUT2D eigenvalue weighted by molar-refractivity contribution is 6.31. The van der Waals surface area contributed by atoms with Crippen molar-refractivity contribution in [1.29, 1.82) is 0 Å². The molecule has 0 aliphatic carbocycles. The minimum Gasteiger partial charge on any atom is -0.271 e. The first-order valence-corrected chi connectivity index (χ1v) is 7.09. The molecule has 3 N–H and O–H groups in total. The summed E-state index contributed by atoms with van der Waals surface area (Å²) in [4.78, 5) is 0. The summed E-state index contributed by atoms with van der Waals surface area (Å²) in [5.41, 5.74) is 3.83. The van der Waals surface area contributed by atoms with Gasteiger partial charge in [0.2, 0.25) is 0 Å². The van der Waals surface area contributed by atoms with E-state index in [1.54, 1.807) is 12.1 Å². The normalized spacial score (nSPS) is 12.4. The van der Waals surface area contributed by atoms with Crippen LogP contribution in [0, 0.1) is 11.6 Å². The van der Waals surface area contributed by atoms with Crippen LogP contribution < -0.4 is 11.3 Å². The summed E-state index contributed by atoms with van der Waals surface area (Å²) in [6, 6.07) is 8.28. The lowest BCUT2D eigenvalue weighted by molar-refractivity contribution is 0.506. The van der Waals surface area contributed by atoms with E-state index in [1.807, 2.05) is 0 Å². The Morgan fingerprint density at radius 3 is 2.38 bits per heavy atom. The predicted octanol–water partition coefficient (Wildman–Crippen LogP) is 3.89. The fourth-order valence-corrected chi connectivity index (χ4v) is 2.55. The van der Waals surface area contributed by atoms with Crippen LogP contribution in [0.3, 0.4) is 0 Å². The number of rotatable bonds is 5. The van der Waals surface area contributed by atoms with Gasteiger partial charge in [-0.1, -0.05) is 29.3 Å². The SMILES string of the molecule is NNC(Cc1cc(Cl)ccc1F)Cc1ccc(F)cc1Cl. The number of benzene rings is 2. The van der Waals surface area contributed by atoms with E-state index >= 15 is 0 Å². The molecule has 112 valence electrons. The number of hydrogen-bond donors (Lipinski definition) is 2. The Kier molecular flexibility index (Phi) is 5.53. The van der Waals surface area contributed by atoms with Gasteiger partial charge in [-0.05, 0) is 54.3 Å². The second kappa shape index (κ2) is 7.18. The molecule has 2 rings (SSSR count). The molecule has 2 nitrogen and oxygen atoms in total. The van der Waals surface area contributed by atoms with Crippen LogP contribution in [-0.2, 0) is 12.8 Å². The number of hydrogen-bond acceptors (Lipinski definition) is 2. The smallest absolute Gasteiger partial charge is 0.126 e. The molecule has 21 heavy (non-hydrogen) atoms. The highest BCUT2D eigenvalue weighted by Crippen LogP contribution is 2.21. The summed E-state index contributed by atoms with van der Waals surface area (Å²) in [7, 11) is 0. The Morgan fingerprint density at radius 2 is 1.71 bits per heavy atom. The zero-order chi connectivity index (χ0) is 15.4. The molecule has 0 bridgehead atoms. The highest BCUT2D eigenvalue weighted by atomic mass is 35.5. The first kappa shape index (κ1) is 16.2. The van der Waals surface area contributed by atoms with E-state index in [1.165, 1.54) is 24.3 Å². The van der Waals surface area contributed by atoms with Gasteiger partial charge in [0.05, 0.1) is 0 Å². The summed E-state index contributed by atoms with van der Waals surface area (Å²) >= 11 is 11.9. The van der Waals surface area contributed by atoms with Gasteiger partial charge < -0.3 is 0 Å². The van der Waals surface area contributed by atoms with Crippen LogP contribution in [-0.4, -0.2) is 6.04 Å². The third-order valence-electron chi connectivity index (χ3n) is 3.19. The maximum atomic E-state index is 13.7. The van der Waals surface area contributed by atoms with Crippen molar-refractivity contribution in [3.63, 3.8) is 0 Å². The molecule has 2 aromatic rings. The molecule has 0 radical (unpaired) electrons. The van der Waals surface area contributed by atoms with Crippen molar-refractivity contribution in [1.82, 2.24) is 5.43 Å². The van der Waals surface area contributed by atoms with Crippen LogP contribution in [0.4, 0.5) is 8.78 Å². The number of nitrogens with one attached hydrogen (secondary N) is 1. The van der Waals surface area contributed by atoms with Gasteiger partial charge in [0.15, 0.2) is 0 Å². The lowest BCUT2D eigenvalue weighted by Crippen LogP contribution is -2.38. The molecule has 2 aromatic carbocycles. The summed E-state index contributed by atoms with van der Waals surface area (Å²) < 4.78 is 26.8. The van der Waals surface area contributed by atoms with Gasteiger partial charge in [-0.15, -0.1) is 0 Å². The van der Waals surface area contributed by atoms with Gasteiger partial charge in [-0.2, -0.15) is 0 Å². The third-order valence-corrected chi connectivity index (χ3v) is 3.78. The summed E-state index contributed by atoms with van der Waals surface area (Å²) in [6.45, 7) is 0. The maximum absolute atomic E-state index is 13.7. The van der Waals surface area contributed by atoms with Crippen LogP contribution in [0.15, 0.2) is 36.4 Å². The summed E-state index contributed by atoms with van der Waals surface area (Å²) in [5, 5.41) is 0.781. The van der Waals surface area contributed by atoms with E-state index in [2.05, 4.69) is 5.43 Å². The fourth-order valence-electron chi connectivity index (χ4n) is 2.11. The molecule has 6 heteroatoms. The lowest BCUT2D eigenvalue weighted by Gasteiger charge is -2.17. The van der Waals surface area contributed by atoms with Crippen molar-refractivity contribution in [2.45, 2.75) is 18.9 Å². The van der Waals surface area contributed by atoms with Gasteiger partial charge in [0, 0.05) is 16.1 Å². The van der Waals surface area contributed by atoms with E-state index < -0.39 is 5.82 Å². The zero-order valence-electron chi connectivity index (χ0n) is 11.0. The van der Waals surface area contributed by atoms with E-state index in [0.717, 1.165) is 5.56 Å². The molecule has 0 aliphatic rings. The van der Waals surface area contributed by atoms with Crippen LogP contribution in [0.1, 0.15) is 11.1 Å². The molecular formula is C15H14Cl2F2N2. The largest absolute Gasteiger partial charge is 0.271 e. The average molecular weight is 331 g/mol. The summed E-state index contributed by atoms with van der Waals surface area (Å²) in [6.07, 6.45) is 0.790. The quantitative estimate of drug-likeness (QED) is 0.644. The van der Waals surface area contributed by atoms with Crippen LogP contribution >= 0.6 is 23.2 Å². The zero-order valence-corrected chi connectivity index (χ0v) is 12.6. The Bertz CT molecular complexity index is 635. The lowest BCUT2D eigenvalue weighted by atomic mass is 9.99. The van der Waals surface area contributed by atoms with Crippen LogP contribution in [0.2, 0.25) is 10.0 Å². The third kappa shape index (κ3) is 4.38. The Labute approximate surface area is 131 Å². The predicted molar refractivity (Wildman–Crippen MR) is 81.3 cm³/mol. The van der Waals surface area contributed by atoms with E-state index in [-0.39, 0.29) is 11.9 Å². The van der Waals surface area contributed by atoms with Crippen molar-refractivity contribution >= 4 is 23.2 Å². The second-order valence-electron chi connectivity index (χ2n) is 4.74. The monoisotopic (exact) mass is 330 g/mol. The number of hydrazine groups is 1. The van der Waals surface area contributed by atoms with Crippen molar-refractivity contribution in [2.24, 2.45) is 5.84 Å². The molecule has 0 spiro atoms. The molecule has 1 unspecified atom stereocenters. The van der Waals surface area contributed by atoms with E-state index in [0.29, 0.717) is 28.5 Å². The Morgan fingerprint density at radius 1 is 1.00 bits per heavy atom. The Hall–Kier alpha value is -1.20. The van der Waals surface area contributed by atoms with Gasteiger partial charge >= 0.3 is 0 Å². The molecule has 0 saturated carbocycles. The van der Waals surface area contributed by atoms with Crippen molar-refractivity contribution in [3.05, 3.63) is 69.2 Å². The molecule has 0 aromatic heterocycles. The minimum atomic E-state index is -0.401. The average Bonchev–Trinajstić information content (AvgIpc) is 2.44. The van der Waals surface area contributed by atoms with E-state index in [9.17, 15) is 8.78 Å². The van der Waals surface area contributed by atoms with Crippen LogP contribution in [0.5, 0.6) is 0 Å². The van der Waals surface area contributed by atoms with Crippen LogP contribution in [0.25, 0.3) is 0 Å².